The van der Waals surface area contributed by atoms with Crippen molar-refractivity contribution in [1.82, 2.24) is 4.90 Å². The molecular weight excluding hydrogens is 402 g/mol. The second-order valence-electron chi connectivity index (χ2n) is 5.52. The molecule has 10 heteroatoms. The first-order chi connectivity index (χ1) is 12.2. The summed E-state index contributed by atoms with van der Waals surface area (Å²) < 4.78 is 36.6. The number of rotatable bonds is 3. The Kier molecular flexibility index (Phi) is 7.16. The molecule has 1 aliphatic heterocycles. The van der Waals surface area contributed by atoms with Crippen molar-refractivity contribution in [3.05, 3.63) is 56.7 Å². The lowest BCUT2D eigenvalue weighted by Gasteiger charge is -2.33. The Morgan fingerprint density at radius 2 is 2.04 bits per heavy atom. The minimum atomic E-state index is -4.67. The van der Waals surface area contributed by atoms with E-state index < -0.39 is 16.4 Å². The van der Waals surface area contributed by atoms with Crippen LogP contribution in [0.5, 0.6) is 0 Å². The van der Waals surface area contributed by atoms with Gasteiger partial charge in [0.2, 0.25) is 0 Å². The summed E-state index contributed by atoms with van der Waals surface area (Å²) in [4.78, 5) is 15.8. The second kappa shape index (κ2) is 8.94. The van der Waals surface area contributed by atoms with Gasteiger partial charge in [0, 0.05) is 23.0 Å². The third-order valence-corrected chi connectivity index (χ3v) is 5.05. The maximum Gasteiger partial charge on any atom is 0.394 e. The molecule has 2 N–H and O–H groups in total. The summed E-state index contributed by atoms with van der Waals surface area (Å²) in [7, 11) is -3.24. The monoisotopic (exact) mass is 419 g/mol. The van der Waals surface area contributed by atoms with Crippen molar-refractivity contribution in [3.8, 4) is 0 Å². The van der Waals surface area contributed by atoms with Gasteiger partial charge < -0.3 is 4.74 Å². The van der Waals surface area contributed by atoms with E-state index in [2.05, 4.69) is 16.3 Å². The van der Waals surface area contributed by atoms with Crippen LogP contribution in [0.2, 0.25) is 5.02 Å². The Balaban J connectivity index is 0.000000431. The van der Waals surface area contributed by atoms with Crippen molar-refractivity contribution >= 4 is 39.3 Å². The van der Waals surface area contributed by atoms with Crippen LogP contribution in [0.3, 0.4) is 0 Å². The molecule has 1 atom stereocenters. The van der Waals surface area contributed by atoms with Gasteiger partial charge in [-0.3, -0.25) is 14.0 Å². The van der Waals surface area contributed by atoms with Gasteiger partial charge in [0.1, 0.15) is 6.04 Å². The number of carbonyl (C=O) groups excluding carboxylic acids is 1. The second-order valence-corrected chi connectivity index (χ2v) is 7.85. The topological polar surface area (TPSA) is 104 Å². The smallest absolute Gasteiger partial charge is 0.394 e. The third kappa shape index (κ3) is 6.04. The summed E-state index contributed by atoms with van der Waals surface area (Å²) in [5.74, 6) is -0.240. The van der Waals surface area contributed by atoms with E-state index in [1.807, 2.05) is 24.3 Å². The van der Waals surface area contributed by atoms with Gasteiger partial charge in [-0.25, -0.2) is 4.79 Å². The highest BCUT2D eigenvalue weighted by atomic mass is 35.5. The van der Waals surface area contributed by atoms with E-state index in [0.29, 0.717) is 5.02 Å². The van der Waals surface area contributed by atoms with Gasteiger partial charge in [-0.1, -0.05) is 23.7 Å². The lowest BCUT2D eigenvalue weighted by Crippen LogP contribution is -2.38. The summed E-state index contributed by atoms with van der Waals surface area (Å²) in [5, 5.41) is 2.75. The zero-order valence-corrected chi connectivity index (χ0v) is 16.2. The highest BCUT2D eigenvalue weighted by molar-refractivity contribution is 7.79. The molecule has 1 aliphatic rings. The number of esters is 1. The van der Waals surface area contributed by atoms with E-state index in [9.17, 15) is 4.79 Å². The summed E-state index contributed by atoms with van der Waals surface area (Å²) in [6.45, 7) is 1.62. The fourth-order valence-corrected chi connectivity index (χ4v) is 3.86. The van der Waals surface area contributed by atoms with Crippen LogP contribution < -0.4 is 0 Å². The summed E-state index contributed by atoms with van der Waals surface area (Å²) in [5.41, 5.74) is 2.19. The molecule has 1 aromatic carbocycles. The lowest BCUT2D eigenvalue weighted by atomic mass is 10.0. The fourth-order valence-electron chi connectivity index (χ4n) is 2.77. The Morgan fingerprint density at radius 1 is 1.35 bits per heavy atom. The number of fused-ring (bicyclic) bond motifs is 1. The maximum atomic E-state index is 12.3. The Bertz CT molecular complexity index is 859. The van der Waals surface area contributed by atoms with Gasteiger partial charge in [-0.2, -0.15) is 8.42 Å². The Morgan fingerprint density at radius 3 is 2.65 bits per heavy atom. The van der Waals surface area contributed by atoms with Crippen LogP contribution >= 0.6 is 22.9 Å². The molecule has 2 heterocycles. The minimum Gasteiger partial charge on any atom is -0.468 e. The molecule has 26 heavy (non-hydrogen) atoms. The van der Waals surface area contributed by atoms with E-state index in [0.717, 1.165) is 25.1 Å². The van der Waals surface area contributed by atoms with Gasteiger partial charge in [-0.15, -0.1) is 11.3 Å². The van der Waals surface area contributed by atoms with Crippen LogP contribution in [0, 0.1) is 0 Å². The molecule has 0 saturated carbocycles. The average molecular weight is 420 g/mol. The quantitative estimate of drug-likeness (QED) is 0.582. The molecule has 7 nitrogen and oxygen atoms in total. The number of methoxy groups -OCH3 is 1. The number of hydrogen-bond acceptors (Lipinski definition) is 6. The van der Waals surface area contributed by atoms with Crippen LogP contribution in [0.1, 0.15) is 22.0 Å². The van der Waals surface area contributed by atoms with Crippen molar-refractivity contribution in [3.63, 3.8) is 0 Å². The molecule has 0 bridgehead atoms. The summed E-state index contributed by atoms with van der Waals surface area (Å²) in [6, 6.07) is 9.18. The SMILES string of the molecule is COC(=O)C(c1cccc(Cl)c1)N1CCc2sccc2C1.O=S(=O)(O)O. The van der Waals surface area contributed by atoms with Crippen LogP contribution in [0.25, 0.3) is 0 Å². The number of hydrogen-bond donors (Lipinski definition) is 2. The lowest BCUT2D eigenvalue weighted by molar-refractivity contribution is -0.147. The van der Waals surface area contributed by atoms with Crippen molar-refractivity contribution in [2.24, 2.45) is 0 Å². The standard InChI is InChI=1S/C16H16ClNO2S.H2O4S/c1-20-16(19)15(11-3-2-4-13(17)9-11)18-7-5-14-12(10-18)6-8-21-14;1-5(2,3)4/h2-4,6,8-9,15H,5,7,10H2,1H3;(H2,1,2,3,4). The van der Waals surface area contributed by atoms with Crippen LogP contribution in [-0.4, -0.2) is 42.0 Å². The first-order valence-electron chi connectivity index (χ1n) is 7.51. The van der Waals surface area contributed by atoms with E-state index in [1.165, 1.54) is 17.6 Å². The largest absolute Gasteiger partial charge is 0.468 e. The summed E-state index contributed by atoms with van der Waals surface area (Å²) in [6.07, 6.45) is 0.973. The van der Waals surface area contributed by atoms with Crippen molar-refractivity contribution in [1.29, 1.82) is 0 Å². The predicted octanol–water partition coefficient (Wildman–Crippen LogP) is 3.02. The molecule has 1 unspecified atom stereocenters. The zero-order valence-electron chi connectivity index (χ0n) is 13.8. The minimum absolute atomic E-state index is 0.240. The number of halogens is 1. The molecule has 0 aliphatic carbocycles. The molecule has 2 aromatic rings. The Labute approximate surface area is 160 Å². The molecule has 0 amide bonds. The normalized spacial score (nSPS) is 15.4. The van der Waals surface area contributed by atoms with E-state index >= 15 is 0 Å². The van der Waals surface area contributed by atoms with Crippen molar-refractivity contribution < 1.29 is 27.1 Å². The fraction of sp³-hybridized carbons (Fsp3) is 0.312. The first-order valence-corrected chi connectivity index (χ1v) is 10.2. The number of nitrogens with zero attached hydrogens (tertiary/aromatic N) is 1. The van der Waals surface area contributed by atoms with Gasteiger partial charge in [0.05, 0.1) is 7.11 Å². The highest BCUT2D eigenvalue weighted by Gasteiger charge is 2.31. The number of benzene rings is 1. The molecule has 1 aromatic heterocycles. The Hall–Kier alpha value is -1.49. The number of thiophene rings is 1. The van der Waals surface area contributed by atoms with Gasteiger partial charge in [0.25, 0.3) is 0 Å². The molecule has 3 rings (SSSR count). The zero-order chi connectivity index (χ0) is 19.3. The van der Waals surface area contributed by atoms with Crippen molar-refractivity contribution in [2.75, 3.05) is 13.7 Å². The molecular formula is C16H18ClNO6S2. The molecule has 142 valence electrons. The van der Waals surface area contributed by atoms with E-state index in [-0.39, 0.29) is 5.97 Å². The average Bonchev–Trinajstić information content (AvgIpc) is 3.01. The van der Waals surface area contributed by atoms with Crippen LogP contribution in [-0.2, 0) is 32.9 Å². The number of ether oxygens (including phenoxy) is 1. The first kappa shape index (κ1) is 20.8. The highest BCUT2D eigenvalue weighted by Crippen LogP contribution is 2.31. The predicted molar refractivity (Wildman–Crippen MR) is 98.8 cm³/mol. The molecule has 0 fully saturated rings. The molecule has 0 saturated heterocycles. The molecule has 0 spiro atoms. The summed E-state index contributed by atoms with van der Waals surface area (Å²) >= 11 is 7.86. The maximum absolute atomic E-state index is 12.3. The van der Waals surface area contributed by atoms with E-state index in [4.69, 9.17) is 33.9 Å². The van der Waals surface area contributed by atoms with Crippen molar-refractivity contribution in [2.45, 2.75) is 19.0 Å². The third-order valence-electron chi connectivity index (χ3n) is 3.79. The van der Waals surface area contributed by atoms with Gasteiger partial charge in [0.15, 0.2) is 0 Å². The number of carbonyl (C=O) groups is 1. The van der Waals surface area contributed by atoms with Crippen LogP contribution in [0.4, 0.5) is 0 Å². The van der Waals surface area contributed by atoms with Gasteiger partial charge >= 0.3 is 16.4 Å². The van der Waals surface area contributed by atoms with Gasteiger partial charge in [-0.05, 0) is 41.1 Å². The van der Waals surface area contributed by atoms with E-state index in [1.54, 1.807) is 11.3 Å². The van der Waals surface area contributed by atoms with Crippen LogP contribution in [0.15, 0.2) is 35.7 Å². The molecule has 0 radical (unpaired) electrons.